The van der Waals surface area contributed by atoms with E-state index in [1.807, 2.05) is 19.9 Å². The summed E-state index contributed by atoms with van der Waals surface area (Å²) < 4.78 is 28.0. The predicted octanol–water partition coefficient (Wildman–Crippen LogP) is 3.92. The molecule has 0 N–H and O–H groups in total. The standard InChI is InChI=1S/C14H19BrClNO2S/c1-3-17(9-11-4-5-11)20(18,19)14-7-12(8-16)6-13(15)10(14)2/h6-7,11H,3-5,8-9H2,1-2H3. The van der Waals surface area contributed by atoms with E-state index >= 15 is 0 Å². The van der Waals surface area contributed by atoms with Crippen molar-refractivity contribution >= 4 is 37.6 Å². The van der Waals surface area contributed by atoms with Crippen molar-refractivity contribution in [3.8, 4) is 0 Å². The molecule has 20 heavy (non-hydrogen) atoms. The van der Waals surface area contributed by atoms with Gasteiger partial charge in [0.05, 0.1) is 4.90 Å². The molecular weight excluding hydrogens is 362 g/mol. The largest absolute Gasteiger partial charge is 0.243 e. The van der Waals surface area contributed by atoms with Gasteiger partial charge in [-0.1, -0.05) is 22.9 Å². The van der Waals surface area contributed by atoms with Gasteiger partial charge in [0, 0.05) is 23.4 Å². The molecule has 0 radical (unpaired) electrons. The second kappa shape index (κ2) is 6.34. The number of hydrogen-bond donors (Lipinski definition) is 0. The highest BCUT2D eigenvalue weighted by Crippen LogP contribution is 2.33. The Morgan fingerprint density at radius 3 is 2.55 bits per heavy atom. The molecule has 1 aliphatic rings. The molecule has 1 saturated carbocycles. The van der Waals surface area contributed by atoms with Crippen molar-refractivity contribution in [3.05, 3.63) is 27.7 Å². The zero-order valence-electron chi connectivity index (χ0n) is 11.7. The van der Waals surface area contributed by atoms with E-state index in [0.29, 0.717) is 29.8 Å². The SMILES string of the molecule is CCN(CC1CC1)S(=O)(=O)c1cc(CCl)cc(Br)c1C. The molecule has 1 fully saturated rings. The van der Waals surface area contributed by atoms with Gasteiger partial charge in [0.15, 0.2) is 0 Å². The first kappa shape index (κ1) is 16.3. The van der Waals surface area contributed by atoms with Crippen LogP contribution in [-0.4, -0.2) is 25.8 Å². The van der Waals surface area contributed by atoms with Gasteiger partial charge in [-0.2, -0.15) is 4.31 Å². The molecule has 6 heteroatoms. The third-order valence-corrected chi connectivity index (χ3v) is 6.84. The molecule has 0 aromatic heterocycles. The Balaban J connectivity index is 2.43. The Bertz CT molecular complexity index is 599. The molecule has 1 aromatic carbocycles. The molecule has 0 spiro atoms. The van der Waals surface area contributed by atoms with E-state index in [4.69, 9.17) is 11.6 Å². The number of rotatable bonds is 6. The van der Waals surface area contributed by atoms with Crippen molar-refractivity contribution < 1.29 is 8.42 Å². The topological polar surface area (TPSA) is 37.4 Å². The average Bonchev–Trinajstić information content (AvgIpc) is 3.22. The second-order valence-corrected chi connectivity index (χ2v) is 8.26. The lowest BCUT2D eigenvalue weighted by Gasteiger charge is -2.22. The Hall–Kier alpha value is -0.100. The number of nitrogens with zero attached hydrogens (tertiary/aromatic N) is 1. The Labute approximate surface area is 134 Å². The maximum Gasteiger partial charge on any atom is 0.243 e. The summed E-state index contributed by atoms with van der Waals surface area (Å²) in [6.07, 6.45) is 2.27. The molecule has 1 aromatic rings. The number of halogens is 2. The van der Waals surface area contributed by atoms with Crippen LogP contribution in [0, 0.1) is 12.8 Å². The van der Waals surface area contributed by atoms with Gasteiger partial charge in [0.1, 0.15) is 0 Å². The minimum Gasteiger partial charge on any atom is -0.207 e. The van der Waals surface area contributed by atoms with Crippen LogP contribution in [0.1, 0.15) is 30.9 Å². The molecule has 0 heterocycles. The van der Waals surface area contributed by atoms with Gasteiger partial charge in [-0.25, -0.2) is 8.42 Å². The van der Waals surface area contributed by atoms with Crippen LogP contribution in [0.15, 0.2) is 21.5 Å². The van der Waals surface area contributed by atoms with Crippen molar-refractivity contribution in [1.29, 1.82) is 0 Å². The quantitative estimate of drug-likeness (QED) is 0.702. The summed E-state index contributed by atoms with van der Waals surface area (Å²) in [5, 5.41) is 0. The van der Waals surface area contributed by atoms with Crippen molar-refractivity contribution in [1.82, 2.24) is 4.31 Å². The first-order valence-corrected chi connectivity index (χ1v) is 9.52. The van der Waals surface area contributed by atoms with Gasteiger partial charge >= 0.3 is 0 Å². The highest BCUT2D eigenvalue weighted by Gasteiger charge is 2.32. The van der Waals surface area contributed by atoms with Crippen LogP contribution >= 0.6 is 27.5 Å². The summed E-state index contributed by atoms with van der Waals surface area (Å²) in [4.78, 5) is 0.366. The summed E-state index contributed by atoms with van der Waals surface area (Å²) in [7, 11) is -3.45. The maximum atomic E-state index is 12.8. The van der Waals surface area contributed by atoms with E-state index in [1.54, 1.807) is 10.4 Å². The van der Waals surface area contributed by atoms with Crippen LogP contribution in [0.25, 0.3) is 0 Å². The molecule has 1 aliphatic carbocycles. The molecule has 0 unspecified atom stereocenters. The lowest BCUT2D eigenvalue weighted by Crippen LogP contribution is -2.33. The minimum absolute atomic E-state index is 0.302. The summed E-state index contributed by atoms with van der Waals surface area (Å²) in [6.45, 7) is 4.83. The fourth-order valence-electron chi connectivity index (χ4n) is 2.18. The van der Waals surface area contributed by atoms with Gasteiger partial charge in [-0.3, -0.25) is 0 Å². The number of alkyl halides is 1. The average molecular weight is 381 g/mol. The van der Waals surface area contributed by atoms with Crippen LogP contribution in [0.2, 0.25) is 0 Å². The number of hydrogen-bond acceptors (Lipinski definition) is 2. The molecule has 3 nitrogen and oxygen atoms in total. The van der Waals surface area contributed by atoms with Crippen LogP contribution in [0.5, 0.6) is 0 Å². The van der Waals surface area contributed by atoms with Crippen LogP contribution < -0.4 is 0 Å². The van der Waals surface area contributed by atoms with Crippen LogP contribution in [-0.2, 0) is 15.9 Å². The van der Waals surface area contributed by atoms with Crippen molar-refractivity contribution in [3.63, 3.8) is 0 Å². The lowest BCUT2D eigenvalue weighted by molar-refractivity contribution is 0.411. The van der Waals surface area contributed by atoms with Gasteiger partial charge < -0.3 is 0 Å². The van der Waals surface area contributed by atoms with E-state index in [2.05, 4.69) is 15.9 Å². The van der Waals surface area contributed by atoms with Crippen LogP contribution in [0.4, 0.5) is 0 Å². The van der Waals surface area contributed by atoms with E-state index in [0.717, 1.165) is 28.4 Å². The zero-order valence-corrected chi connectivity index (χ0v) is 14.9. The van der Waals surface area contributed by atoms with E-state index in [9.17, 15) is 8.42 Å². The summed E-state index contributed by atoms with van der Waals surface area (Å²) >= 11 is 9.27. The Morgan fingerprint density at radius 1 is 1.40 bits per heavy atom. The predicted molar refractivity (Wildman–Crippen MR) is 85.6 cm³/mol. The molecule has 2 rings (SSSR count). The molecule has 0 amide bonds. The Kier molecular flexibility index (Phi) is 5.16. The first-order valence-electron chi connectivity index (χ1n) is 6.75. The van der Waals surface area contributed by atoms with Gasteiger partial charge in [0.25, 0.3) is 0 Å². The van der Waals surface area contributed by atoms with Gasteiger partial charge in [0.2, 0.25) is 10.0 Å². The summed E-state index contributed by atoms with van der Waals surface area (Å²) in [5.41, 5.74) is 1.55. The van der Waals surface area contributed by atoms with Crippen molar-refractivity contribution in [2.45, 2.75) is 37.5 Å². The normalized spacial score (nSPS) is 15.8. The van der Waals surface area contributed by atoms with Crippen molar-refractivity contribution in [2.24, 2.45) is 5.92 Å². The third kappa shape index (κ3) is 3.38. The van der Waals surface area contributed by atoms with Gasteiger partial charge in [-0.05, 0) is 48.9 Å². The summed E-state index contributed by atoms with van der Waals surface area (Å²) in [5.74, 6) is 0.834. The monoisotopic (exact) mass is 379 g/mol. The second-order valence-electron chi connectivity index (χ2n) is 5.23. The molecule has 0 bridgehead atoms. The minimum atomic E-state index is -3.45. The maximum absolute atomic E-state index is 12.8. The van der Waals surface area contributed by atoms with E-state index in [1.165, 1.54) is 0 Å². The zero-order chi connectivity index (χ0) is 14.9. The molecule has 112 valence electrons. The molecule has 0 atom stereocenters. The van der Waals surface area contributed by atoms with Gasteiger partial charge in [-0.15, -0.1) is 11.6 Å². The number of sulfonamides is 1. The molecule has 0 aliphatic heterocycles. The fourth-order valence-corrected chi connectivity index (χ4v) is 4.79. The molecule has 0 saturated heterocycles. The highest BCUT2D eigenvalue weighted by molar-refractivity contribution is 9.10. The Morgan fingerprint density at radius 2 is 2.05 bits per heavy atom. The van der Waals surface area contributed by atoms with E-state index < -0.39 is 10.0 Å². The smallest absolute Gasteiger partial charge is 0.207 e. The highest BCUT2D eigenvalue weighted by atomic mass is 79.9. The van der Waals surface area contributed by atoms with Crippen molar-refractivity contribution in [2.75, 3.05) is 13.1 Å². The lowest BCUT2D eigenvalue weighted by atomic mass is 10.2. The third-order valence-electron chi connectivity index (χ3n) is 3.64. The first-order chi connectivity index (χ1) is 9.40. The van der Waals surface area contributed by atoms with Crippen LogP contribution in [0.3, 0.4) is 0 Å². The molecular formula is C14H19BrClNO2S. The number of benzene rings is 1. The summed E-state index contributed by atoms with van der Waals surface area (Å²) in [6, 6.07) is 3.57. The fraction of sp³-hybridized carbons (Fsp3) is 0.571. The van der Waals surface area contributed by atoms with E-state index in [-0.39, 0.29) is 0 Å².